The summed E-state index contributed by atoms with van der Waals surface area (Å²) < 4.78 is 12.6. The van der Waals surface area contributed by atoms with Gasteiger partial charge in [0.2, 0.25) is 0 Å². The molecule has 0 bridgehead atoms. The molecule has 0 atom stereocenters. The highest BCUT2D eigenvalue weighted by Crippen LogP contribution is 2.25. The topological polar surface area (TPSA) is 0 Å². The second kappa shape index (κ2) is 5.64. The summed E-state index contributed by atoms with van der Waals surface area (Å²) in [6, 6.07) is 6.81. The molecule has 84 valence electrons. The molecule has 1 aromatic carbocycles. The highest BCUT2D eigenvalue weighted by Gasteiger charge is 2.14. The molecule has 0 nitrogen and oxygen atoms in total. The van der Waals surface area contributed by atoms with Crippen molar-refractivity contribution in [1.29, 1.82) is 0 Å². The van der Waals surface area contributed by atoms with Crippen molar-refractivity contribution in [1.82, 2.24) is 0 Å². The van der Waals surface area contributed by atoms with Crippen molar-refractivity contribution in [2.75, 3.05) is 5.33 Å². The number of hydrogen-bond donors (Lipinski definition) is 0. The van der Waals surface area contributed by atoms with E-state index in [4.69, 9.17) is 0 Å². The van der Waals surface area contributed by atoms with E-state index < -0.39 is 0 Å². The van der Waals surface area contributed by atoms with E-state index in [9.17, 15) is 4.39 Å². The van der Waals surface area contributed by atoms with Gasteiger partial charge in [-0.3, -0.25) is 0 Å². The van der Waals surface area contributed by atoms with Gasteiger partial charge in [0.15, 0.2) is 0 Å². The Balaban J connectivity index is 2.35. The molecule has 0 heterocycles. The third-order valence-electron chi connectivity index (χ3n) is 2.59. The molecule has 0 fully saturated rings. The number of alkyl halides is 1. The maximum atomic E-state index is 12.6. The Labute approximate surface area is 100 Å². The number of rotatable bonds is 5. The first kappa shape index (κ1) is 12.7. The largest absolute Gasteiger partial charge is 0.207 e. The lowest BCUT2D eigenvalue weighted by Crippen LogP contribution is -2.12. The van der Waals surface area contributed by atoms with E-state index in [1.165, 1.54) is 24.1 Å². The Bertz CT molecular complexity index is 290. The molecule has 0 saturated heterocycles. The van der Waals surface area contributed by atoms with Gasteiger partial charge in [0.05, 0.1) is 0 Å². The molecular weight excluding hydrogens is 255 g/mol. The Kier molecular flexibility index (Phi) is 4.78. The smallest absolute Gasteiger partial charge is 0.123 e. The van der Waals surface area contributed by atoms with E-state index in [1.807, 2.05) is 12.1 Å². The number of benzene rings is 1. The van der Waals surface area contributed by atoms with Crippen LogP contribution in [0.3, 0.4) is 0 Å². The van der Waals surface area contributed by atoms with E-state index >= 15 is 0 Å². The maximum Gasteiger partial charge on any atom is 0.123 e. The van der Waals surface area contributed by atoms with E-state index in [2.05, 4.69) is 29.8 Å². The van der Waals surface area contributed by atoms with Crippen molar-refractivity contribution < 1.29 is 4.39 Å². The van der Waals surface area contributed by atoms with Gasteiger partial charge in [0.25, 0.3) is 0 Å². The molecule has 1 aromatic rings. The van der Waals surface area contributed by atoms with Crippen LogP contribution < -0.4 is 0 Å². The molecule has 0 N–H and O–H groups in total. The standard InChI is InChI=1S/C13H18BrF/c1-13(2,10-14)9-3-4-11-5-7-12(15)8-6-11/h5-8H,3-4,9-10H2,1-2H3. The average Bonchev–Trinajstić information content (AvgIpc) is 2.21. The summed E-state index contributed by atoms with van der Waals surface area (Å²) in [5.41, 5.74) is 1.59. The Morgan fingerprint density at radius 1 is 1.20 bits per heavy atom. The van der Waals surface area contributed by atoms with Crippen molar-refractivity contribution in [2.24, 2.45) is 5.41 Å². The maximum absolute atomic E-state index is 12.6. The van der Waals surface area contributed by atoms with Crippen LogP contribution >= 0.6 is 15.9 Å². The van der Waals surface area contributed by atoms with Crippen molar-refractivity contribution in [3.05, 3.63) is 35.6 Å². The zero-order chi connectivity index (χ0) is 11.3. The summed E-state index contributed by atoms with van der Waals surface area (Å²) in [7, 11) is 0. The number of halogens is 2. The first-order chi connectivity index (χ1) is 7.03. The van der Waals surface area contributed by atoms with E-state index in [0.717, 1.165) is 18.2 Å². The van der Waals surface area contributed by atoms with Gasteiger partial charge < -0.3 is 0 Å². The Hall–Kier alpha value is -0.370. The lowest BCUT2D eigenvalue weighted by molar-refractivity contribution is 0.377. The van der Waals surface area contributed by atoms with Gasteiger partial charge in [-0.2, -0.15) is 0 Å². The molecule has 0 aliphatic rings. The van der Waals surface area contributed by atoms with E-state index in [0.29, 0.717) is 5.41 Å². The molecule has 2 heteroatoms. The van der Waals surface area contributed by atoms with Crippen LogP contribution in [0.2, 0.25) is 0 Å². The molecule has 0 unspecified atom stereocenters. The summed E-state index contributed by atoms with van der Waals surface area (Å²) in [6.45, 7) is 4.51. The van der Waals surface area contributed by atoms with Gasteiger partial charge in [-0.1, -0.05) is 41.9 Å². The molecule has 0 radical (unpaired) electrons. The predicted molar refractivity (Wildman–Crippen MR) is 66.9 cm³/mol. The summed E-state index contributed by atoms with van der Waals surface area (Å²) in [4.78, 5) is 0. The van der Waals surface area contributed by atoms with Gasteiger partial charge in [0, 0.05) is 5.33 Å². The minimum Gasteiger partial charge on any atom is -0.207 e. The molecule has 0 amide bonds. The highest BCUT2D eigenvalue weighted by atomic mass is 79.9. The van der Waals surface area contributed by atoms with Crippen LogP contribution in [0.25, 0.3) is 0 Å². The first-order valence-corrected chi connectivity index (χ1v) is 6.46. The van der Waals surface area contributed by atoms with Gasteiger partial charge in [0.1, 0.15) is 5.82 Å². The second-order valence-corrected chi connectivity index (χ2v) is 5.34. The normalized spacial score (nSPS) is 11.7. The summed E-state index contributed by atoms with van der Waals surface area (Å²) in [5.74, 6) is -0.153. The third kappa shape index (κ3) is 4.78. The van der Waals surface area contributed by atoms with Gasteiger partial charge in [-0.05, 0) is 42.4 Å². The minimum absolute atomic E-state index is 0.153. The van der Waals surface area contributed by atoms with E-state index in [1.54, 1.807) is 0 Å². The van der Waals surface area contributed by atoms with Crippen LogP contribution in [-0.4, -0.2) is 5.33 Å². The molecule has 15 heavy (non-hydrogen) atoms. The molecule has 0 aliphatic carbocycles. The van der Waals surface area contributed by atoms with Crippen molar-refractivity contribution >= 4 is 15.9 Å². The SMILES string of the molecule is CC(C)(CBr)CCCc1ccc(F)cc1. The van der Waals surface area contributed by atoms with Crippen LogP contribution in [0.1, 0.15) is 32.3 Å². The van der Waals surface area contributed by atoms with Crippen molar-refractivity contribution in [3.63, 3.8) is 0 Å². The molecule has 0 aromatic heterocycles. The summed E-state index contributed by atoms with van der Waals surface area (Å²) in [5, 5.41) is 1.03. The monoisotopic (exact) mass is 272 g/mol. The average molecular weight is 273 g/mol. The first-order valence-electron chi connectivity index (χ1n) is 5.34. The lowest BCUT2D eigenvalue weighted by atomic mass is 9.89. The second-order valence-electron chi connectivity index (χ2n) is 4.78. The molecule has 1 rings (SSSR count). The van der Waals surface area contributed by atoms with Crippen LogP contribution in [0.4, 0.5) is 4.39 Å². The van der Waals surface area contributed by atoms with Gasteiger partial charge >= 0.3 is 0 Å². The van der Waals surface area contributed by atoms with Crippen LogP contribution in [0, 0.1) is 11.2 Å². The Morgan fingerprint density at radius 3 is 2.33 bits per heavy atom. The number of hydrogen-bond acceptors (Lipinski definition) is 0. The zero-order valence-electron chi connectivity index (χ0n) is 9.39. The summed E-state index contributed by atoms with van der Waals surface area (Å²) in [6.07, 6.45) is 3.39. The fourth-order valence-electron chi connectivity index (χ4n) is 1.49. The van der Waals surface area contributed by atoms with Gasteiger partial charge in [-0.15, -0.1) is 0 Å². The lowest BCUT2D eigenvalue weighted by Gasteiger charge is -2.21. The fraction of sp³-hybridized carbons (Fsp3) is 0.538. The highest BCUT2D eigenvalue weighted by molar-refractivity contribution is 9.09. The predicted octanol–water partition coefficient (Wildman–Crippen LogP) is 4.57. The fourth-order valence-corrected chi connectivity index (χ4v) is 1.77. The van der Waals surface area contributed by atoms with Crippen molar-refractivity contribution in [2.45, 2.75) is 33.1 Å². The minimum atomic E-state index is -0.153. The van der Waals surface area contributed by atoms with Gasteiger partial charge in [-0.25, -0.2) is 4.39 Å². The molecule has 0 aliphatic heterocycles. The number of aryl methyl sites for hydroxylation is 1. The Morgan fingerprint density at radius 2 is 1.80 bits per heavy atom. The van der Waals surface area contributed by atoms with Crippen LogP contribution in [0.5, 0.6) is 0 Å². The van der Waals surface area contributed by atoms with Crippen molar-refractivity contribution in [3.8, 4) is 0 Å². The third-order valence-corrected chi connectivity index (χ3v) is 4.11. The molecule has 0 spiro atoms. The zero-order valence-corrected chi connectivity index (χ0v) is 11.0. The van der Waals surface area contributed by atoms with Crippen LogP contribution in [-0.2, 0) is 6.42 Å². The van der Waals surface area contributed by atoms with E-state index in [-0.39, 0.29) is 5.82 Å². The quantitative estimate of drug-likeness (QED) is 0.689. The summed E-state index contributed by atoms with van der Waals surface area (Å²) >= 11 is 3.52. The molecule has 0 saturated carbocycles. The molecular formula is C13H18BrF. The van der Waals surface area contributed by atoms with Crippen LogP contribution in [0.15, 0.2) is 24.3 Å².